The van der Waals surface area contributed by atoms with Crippen molar-refractivity contribution in [3.63, 3.8) is 0 Å². The van der Waals surface area contributed by atoms with E-state index in [1.165, 1.54) is 13.1 Å². The molecule has 32 heavy (non-hydrogen) atoms. The number of hydrogen-bond acceptors (Lipinski definition) is 1. The maximum Gasteiger partial charge on any atom is 0.216 e. The first-order valence-electron chi connectivity index (χ1n) is 12.9. The summed E-state index contributed by atoms with van der Waals surface area (Å²) in [6.45, 7) is 8.30. The molecule has 0 aliphatic rings. The van der Waals surface area contributed by atoms with Gasteiger partial charge in [0.15, 0.2) is 11.9 Å². The lowest BCUT2D eigenvalue weighted by molar-refractivity contribution is -0.660. The van der Waals surface area contributed by atoms with E-state index in [1.54, 1.807) is 17.7 Å². The van der Waals surface area contributed by atoms with Gasteiger partial charge in [0.25, 0.3) is 0 Å². The van der Waals surface area contributed by atoms with Gasteiger partial charge >= 0.3 is 0 Å². The predicted octanol–water partition coefficient (Wildman–Crippen LogP) is 7.73. The summed E-state index contributed by atoms with van der Waals surface area (Å²) < 4.78 is 49.1. The summed E-state index contributed by atoms with van der Waals surface area (Å²) in [6, 6.07) is 19.0. The zero-order valence-electron chi connectivity index (χ0n) is 23.2. The summed E-state index contributed by atoms with van der Waals surface area (Å²) in [4.78, 5) is 3.69. The number of hydrogen-bond donors (Lipinski definition) is 0. The van der Waals surface area contributed by atoms with Crippen LogP contribution in [0.25, 0.3) is 49.2 Å². The molecule has 0 radical (unpaired) electrons. The van der Waals surface area contributed by atoms with Gasteiger partial charge in [0.1, 0.15) is 18.2 Å². The van der Waals surface area contributed by atoms with E-state index in [2.05, 4.69) is 4.85 Å². The molecule has 0 aliphatic heterocycles. The number of benzene rings is 3. The molecule has 0 saturated carbocycles. The summed E-state index contributed by atoms with van der Waals surface area (Å²) in [6.07, 6.45) is 1.54. The van der Waals surface area contributed by atoms with Crippen molar-refractivity contribution in [2.45, 2.75) is 26.6 Å². The lowest BCUT2D eigenvalue weighted by Crippen LogP contribution is -2.31. The minimum absolute atomic E-state index is 0.0117. The van der Waals surface area contributed by atoms with Crippen LogP contribution in [-0.2, 0) is 7.05 Å². The predicted molar refractivity (Wildman–Crippen MR) is 131 cm³/mol. The lowest BCUT2D eigenvalue weighted by Gasteiger charge is -2.09. The molecule has 156 valence electrons. The van der Waals surface area contributed by atoms with Crippen molar-refractivity contribution in [2.75, 3.05) is 0 Å². The zero-order valence-corrected chi connectivity index (χ0v) is 18.2. The molecule has 5 rings (SSSR count). The Hall–Kier alpha value is -3.90. The average Bonchev–Trinajstić information content (AvgIpc) is 3.22. The molecule has 0 N–H and O–H groups in total. The lowest BCUT2D eigenvalue weighted by atomic mass is 9.96. The molecule has 0 fully saturated rings. The molecule has 0 spiro atoms. The first kappa shape index (κ1) is 15.0. The Labute approximate surface area is 195 Å². The second-order valence-electron chi connectivity index (χ2n) is 8.04. The van der Waals surface area contributed by atoms with E-state index >= 15 is 0 Å². The average molecular weight is 423 g/mol. The first-order valence-corrected chi connectivity index (χ1v) is 10.4. The largest absolute Gasteiger partial charge is 0.455 e. The number of nitrogens with zero attached hydrogens (tertiary/aromatic N) is 2. The van der Waals surface area contributed by atoms with Crippen LogP contribution in [0.3, 0.4) is 0 Å². The van der Waals surface area contributed by atoms with Crippen LogP contribution >= 0.6 is 0 Å². The molecule has 0 aliphatic carbocycles. The van der Waals surface area contributed by atoms with Crippen LogP contribution in [0.15, 0.2) is 77.3 Å². The van der Waals surface area contributed by atoms with E-state index in [1.807, 2.05) is 61.5 Å². The third kappa shape index (κ3) is 3.16. The number of aromatic nitrogens is 1. The van der Waals surface area contributed by atoms with Gasteiger partial charge in [-0.2, -0.15) is 0 Å². The minimum Gasteiger partial charge on any atom is -0.455 e. The highest BCUT2D eigenvalue weighted by atomic mass is 16.3. The highest BCUT2D eigenvalue weighted by molar-refractivity contribution is 6.14. The first-order chi connectivity index (χ1) is 17.4. The van der Waals surface area contributed by atoms with Crippen LogP contribution in [0, 0.1) is 13.5 Å². The van der Waals surface area contributed by atoms with Gasteiger partial charge in [-0.1, -0.05) is 56.2 Å². The van der Waals surface area contributed by atoms with Gasteiger partial charge in [-0.25, -0.2) is 9.41 Å². The normalized spacial score (nSPS) is 15.9. The van der Waals surface area contributed by atoms with Crippen LogP contribution in [0.4, 0.5) is 5.69 Å². The topological polar surface area (TPSA) is 21.4 Å². The van der Waals surface area contributed by atoms with Crippen molar-refractivity contribution in [3.05, 3.63) is 95.4 Å². The van der Waals surface area contributed by atoms with Gasteiger partial charge < -0.3 is 4.42 Å². The fourth-order valence-corrected chi connectivity index (χ4v) is 4.22. The second-order valence-corrected chi connectivity index (χ2v) is 8.04. The summed E-state index contributed by atoms with van der Waals surface area (Å²) >= 11 is 0. The van der Waals surface area contributed by atoms with Crippen LogP contribution in [-0.4, -0.2) is 0 Å². The summed E-state index contributed by atoms with van der Waals surface area (Å²) in [7, 11) is 1.79. The van der Waals surface area contributed by atoms with Crippen molar-refractivity contribution >= 4 is 27.6 Å². The monoisotopic (exact) mass is 422 g/mol. The molecule has 5 aromatic rings. The Morgan fingerprint density at radius 1 is 1.09 bits per heavy atom. The summed E-state index contributed by atoms with van der Waals surface area (Å²) in [5.74, 6) is -1.96. The van der Waals surface area contributed by atoms with Crippen molar-refractivity contribution < 1.29 is 15.8 Å². The van der Waals surface area contributed by atoms with Gasteiger partial charge in [-0.05, 0) is 41.6 Å². The third-order valence-corrected chi connectivity index (χ3v) is 5.88. The van der Waals surface area contributed by atoms with E-state index in [0.717, 1.165) is 33.0 Å². The third-order valence-electron chi connectivity index (χ3n) is 5.88. The number of furan rings is 1. The van der Waals surface area contributed by atoms with E-state index in [4.69, 9.17) is 17.8 Å². The number of fused-ring (bicyclic) bond motifs is 3. The fourth-order valence-electron chi connectivity index (χ4n) is 4.22. The van der Waals surface area contributed by atoms with Crippen LogP contribution < -0.4 is 4.57 Å². The van der Waals surface area contributed by atoms with Crippen molar-refractivity contribution in [1.82, 2.24) is 0 Å². The molecule has 0 bridgehead atoms. The molecular formula is C29H25N2O+. The number of rotatable bonds is 3. The van der Waals surface area contributed by atoms with Gasteiger partial charge in [-0.15, -0.1) is 0 Å². The second kappa shape index (κ2) is 7.66. The van der Waals surface area contributed by atoms with Crippen LogP contribution in [0.5, 0.6) is 0 Å². The van der Waals surface area contributed by atoms with Crippen LogP contribution in [0.1, 0.15) is 37.7 Å². The molecule has 3 nitrogen and oxygen atoms in total. The molecule has 1 unspecified atom stereocenters. The van der Waals surface area contributed by atoms with Gasteiger partial charge in [0, 0.05) is 33.9 Å². The molecule has 0 saturated heterocycles. The fraction of sp³-hybridized carbons (Fsp3) is 0.172. The Morgan fingerprint density at radius 2 is 1.91 bits per heavy atom. The van der Waals surface area contributed by atoms with Gasteiger partial charge in [0.05, 0.1) is 13.5 Å². The quantitative estimate of drug-likeness (QED) is 0.215. The highest BCUT2D eigenvalue weighted by Gasteiger charge is 2.23. The SMILES string of the molecule is [2H]c1c[n+](C)c(-c2c(C)ccc3c2oc2c(-c4ccccc4)cc([N+]#[C-])cc23)cc1C([2H])(C)C([2H])([2H])[2H]. The van der Waals surface area contributed by atoms with Crippen molar-refractivity contribution in [2.24, 2.45) is 7.05 Å². The van der Waals surface area contributed by atoms with Crippen molar-refractivity contribution in [3.8, 4) is 22.4 Å². The molecule has 0 amide bonds. The molecule has 1 atom stereocenters. The Balaban J connectivity index is 1.87. The maximum atomic E-state index is 8.62. The van der Waals surface area contributed by atoms with E-state index in [9.17, 15) is 0 Å². The Morgan fingerprint density at radius 3 is 2.66 bits per heavy atom. The Kier molecular flexibility index (Phi) is 3.59. The Bertz CT molecular complexity index is 1730. The minimum atomic E-state index is -2.61. The summed E-state index contributed by atoms with van der Waals surface area (Å²) in [5.41, 5.74) is 5.93. The smallest absolute Gasteiger partial charge is 0.216 e. The van der Waals surface area contributed by atoms with E-state index < -0.39 is 12.7 Å². The molecule has 2 aromatic heterocycles. The van der Waals surface area contributed by atoms with E-state index in [0.29, 0.717) is 22.5 Å². The summed E-state index contributed by atoms with van der Waals surface area (Å²) in [5, 5.41) is 1.65. The zero-order chi connectivity index (χ0) is 26.7. The molecule has 3 aromatic carbocycles. The standard InChI is InChI=1S/C29H25N2O/c1-18(2)21-13-14-31(5)26(15-21)27-19(3)11-12-23-25-17-22(30-4)16-24(28(25)32-29(23)27)20-9-7-6-8-10-20/h6-18H,1-3,5H3/q+1/i1D3,13D,18D. The maximum absolute atomic E-state index is 8.62. The van der Waals surface area contributed by atoms with E-state index in [-0.39, 0.29) is 11.6 Å². The number of aryl methyl sites for hydroxylation is 2. The number of pyridine rings is 1. The van der Waals surface area contributed by atoms with Crippen molar-refractivity contribution in [1.29, 1.82) is 0 Å². The molecular weight excluding hydrogens is 392 g/mol. The van der Waals surface area contributed by atoms with Gasteiger partial charge in [0.2, 0.25) is 5.69 Å². The van der Waals surface area contributed by atoms with Crippen LogP contribution in [0.2, 0.25) is 0 Å². The molecule has 3 heteroatoms. The van der Waals surface area contributed by atoms with Gasteiger partial charge in [-0.3, -0.25) is 0 Å². The molecule has 2 heterocycles. The highest BCUT2D eigenvalue weighted by Crippen LogP contribution is 2.42.